The summed E-state index contributed by atoms with van der Waals surface area (Å²) in [6.07, 6.45) is 3.11. The van der Waals surface area contributed by atoms with Crippen molar-refractivity contribution in [2.45, 2.75) is 13.3 Å². The van der Waals surface area contributed by atoms with Crippen LogP contribution in [-0.4, -0.2) is 0 Å². The summed E-state index contributed by atoms with van der Waals surface area (Å²) in [5.41, 5.74) is 3.81. The average molecular weight is 284 g/mol. The van der Waals surface area contributed by atoms with Gasteiger partial charge >= 0.3 is 0 Å². The van der Waals surface area contributed by atoms with E-state index in [0.29, 0.717) is 0 Å². The first-order valence-electron chi connectivity index (χ1n) is 7.79. The van der Waals surface area contributed by atoms with Gasteiger partial charge in [-0.3, -0.25) is 0 Å². The van der Waals surface area contributed by atoms with E-state index in [1.165, 1.54) is 38.4 Å². The van der Waals surface area contributed by atoms with Gasteiger partial charge in [0, 0.05) is 17.0 Å². The molecule has 3 aromatic carbocycles. The van der Waals surface area contributed by atoms with Crippen LogP contribution in [0.5, 0.6) is 0 Å². The predicted molar refractivity (Wildman–Crippen MR) is 92.8 cm³/mol. The molecule has 0 saturated heterocycles. The minimum Gasteiger partial charge on any atom is -0.211 e. The number of benzene rings is 3. The zero-order valence-electron chi connectivity index (χ0n) is 12.6. The highest BCUT2D eigenvalue weighted by molar-refractivity contribution is 6.11. The molecule has 22 heavy (non-hydrogen) atoms. The number of aromatic amines is 1. The van der Waals surface area contributed by atoms with Crippen LogP contribution < -0.4 is 4.98 Å². The fourth-order valence-corrected chi connectivity index (χ4v) is 3.28. The van der Waals surface area contributed by atoms with Gasteiger partial charge in [-0.05, 0) is 41.0 Å². The molecule has 1 heteroatoms. The summed E-state index contributed by atoms with van der Waals surface area (Å²) < 4.78 is 0. The maximum Gasteiger partial charge on any atom is 0.218 e. The lowest BCUT2D eigenvalue weighted by molar-refractivity contribution is -0.362. The zero-order chi connectivity index (χ0) is 14.9. The van der Waals surface area contributed by atoms with Crippen LogP contribution in [-0.2, 0) is 6.42 Å². The van der Waals surface area contributed by atoms with Gasteiger partial charge in [0.2, 0.25) is 5.69 Å². The van der Waals surface area contributed by atoms with E-state index in [0.717, 1.165) is 6.42 Å². The molecule has 0 unspecified atom stereocenters. The lowest BCUT2D eigenvalue weighted by atomic mass is 9.96. The zero-order valence-corrected chi connectivity index (χ0v) is 12.6. The van der Waals surface area contributed by atoms with Crippen LogP contribution in [0.25, 0.3) is 32.8 Å². The molecule has 1 nitrogen and oxygen atoms in total. The number of aromatic nitrogens is 1. The highest BCUT2D eigenvalue weighted by Gasteiger charge is 2.13. The van der Waals surface area contributed by atoms with E-state index in [4.69, 9.17) is 0 Å². The topological polar surface area (TPSA) is 14.1 Å². The maximum atomic E-state index is 3.42. The lowest BCUT2D eigenvalue weighted by Crippen LogP contribution is -2.06. The van der Waals surface area contributed by atoms with E-state index in [2.05, 4.69) is 78.6 Å². The van der Waals surface area contributed by atoms with E-state index in [1.807, 2.05) is 6.20 Å². The Morgan fingerprint density at radius 2 is 1.45 bits per heavy atom. The summed E-state index contributed by atoms with van der Waals surface area (Å²) in [5.74, 6) is 0. The van der Waals surface area contributed by atoms with Gasteiger partial charge in [-0.25, -0.2) is 4.98 Å². The van der Waals surface area contributed by atoms with Crippen molar-refractivity contribution in [3.05, 3.63) is 78.5 Å². The van der Waals surface area contributed by atoms with Crippen LogP contribution >= 0.6 is 0 Å². The van der Waals surface area contributed by atoms with E-state index in [-0.39, 0.29) is 0 Å². The normalized spacial score (nSPS) is 11.1. The van der Waals surface area contributed by atoms with Crippen molar-refractivity contribution in [2.75, 3.05) is 0 Å². The molecular formula is C21H18N+. The number of fused-ring (bicyclic) bond motifs is 3. The van der Waals surface area contributed by atoms with Crippen LogP contribution in [0, 0.1) is 0 Å². The van der Waals surface area contributed by atoms with Crippen molar-refractivity contribution in [1.29, 1.82) is 0 Å². The number of aryl methyl sites for hydroxylation is 1. The molecule has 0 atom stereocenters. The summed E-state index contributed by atoms with van der Waals surface area (Å²) in [6, 6.07) is 23.8. The Morgan fingerprint density at radius 1 is 0.682 bits per heavy atom. The summed E-state index contributed by atoms with van der Waals surface area (Å²) in [7, 11) is 0. The van der Waals surface area contributed by atoms with Crippen molar-refractivity contribution in [2.24, 2.45) is 0 Å². The average Bonchev–Trinajstić information content (AvgIpc) is 2.61. The number of hydrogen-bond acceptors (Lipinski definition) is 0. The highest BCUT2D eigenvalue weighted by atomic mass is 14.7. The van der Waals surface area contributed by atoms with Crippen molar-refractivity contribution in [1.82, 2.24) is 0 Å². The molecule has 1 N–H and O–H groups in total. The molecular weight excluding hydrogens is 266 g/mol. The van der Waals surface area contributed by atoms with E-state index in [1.54, 1.807) is 0 Å². The van der Waals surface area contributed by atoms with Gasteiger partial charge in [-0.15, -0.1) is 0 Å². The first kappa shape index (κ1) is 13.0. The van der Waals surface area contributed by atoms with Gasteiger partial charge in [0.25, 0.3) is 0 Å². The van der Waals surface area contributed by atoms with Crippen LogP contribution in [0.15, 0.2) is 72.9 Å². The molecule has 1 heterocycles. The number of hydrogen-bond donors (Lipinski definition) is 0. The monoisotopic (exact) mass is 284 g/mol. The minimum atomic E-state index is 1.06. The third-order valence-electron chi connectivity index (χ3n) is 4.38. The first-order valence-corrected chi connectivity index (χ1v) is 7.79. The Morgan fingerprint density at radius 3 is 2.27 bits per heavy atom. The van der Waals surface area contributed by atoms with E-state index >= 15 is 0 Å². The van der Waals surface area contributed by atoms with Crippen molar-refractivity contribution in [3.63, 3.8) is 0 Å². The molecule has 4 aromatic rings. The van der Waals surface area contributed by atoms with Gasteiger partial charge < -0.3 is 0 Å². The lowest BCUT2D eigenvalue weighted by Gasteiger charge is -2.08. The van der Waals surface area contributed by atoms with Crippen LogP contribution in [0.3, 0.4) is 0 Å². The summed E-state index contributed by atoms with van der Waals surface area (Å²) in [6.45, 7) is 2.22. The van der Waals surface area contributed by atoms with Gasteiger partial charge in [-0.1, -0.05) is 49.4 Å². The SMILES string of the molecule is CCc1cccc2c1ccc1c(-c3ccccc3)[nH+]ccc12. The first-order chi connectivity index (χ1) is 10.9. The van der Waals surface area contributed by atoms with Crippen molar-refractivity contribution >= 4 is 21.5 Å². The number of pyridine rings is 1. The molecule has 106 valence electrons. The second kappa shape index (κ2) is 5.27. The summed E-state index contributed by atoms with van der Waals surface area (Å²) in [5, 5.41) is 5.28. The summed E-state index contributed by atoms with van der Waals surface area (Å²) in [4.78, 5) is 3.42. The molecule has 0 saturated carbocycles. The fourth-order valence-electron chi connectivity index (χ4n) is 3.28. The van der Waals surface area contributed by atoms with Crippen LogP contribution in [0.1, 0.15) is 12.5 Å². The molecule has 0 aliphatic rings. The Balaban J connectivity index is 2.09. The smallest absolute Gasteiger partial charge is 0.211 e. The number of H-pyrrole nitrogens is 1. The van der Waals surface area contributed by atoms with Crippen LogP contribution in [0.4, 0.5) is 0 Å². The Kier molecular flexibility index (Phi) is 3.12. The summed E-state index contributed by atoms with van der Waals surface area (Å²) >= 11 is 0. The van der Waals surface area contributed by atoms with Crippen molar-refractivity contribution in [3.8, 4) is 11.3 Å². The van der Waals surface area contributed by atoms with Crippen molar-refractivity contribution < 1.29 is 4.98 Å². The largest absolute Gasteiger partial charge is 0.218 e. The minimum absolute atomic E-state index is 1.06. The molecule has 1 aromatic heterocycles. The molecule has 0 aliphatic heterocycles. The Labute approximate surface area is 130 Å². The number of nitrogens with one attached hydrogen (secondary N) is 1. The molecule has 0 bridgehead atoms. The third-order valence-corrected chi connectivity index (χ3v) is 4.38. The molecule has 4 rings (SSSR count). The molecule has 0 fully saturated rings. The van der Waals surface area contributed by atoms with Gasteiger partial charge in [0.1, 0.15) is 0 Å². The van der Waals surface area contributed by atoms with Gasteiger partial charge in [-0.2, -0.15) is 0 Å². The van der Waals surface area contributed by atoms with E-state index in [9.17, 15) is 0 Å². The second-order valence-corrected chi connectivity index (χ2v) is 5.61. The predicted octanol–water partition coefficient (Wildman–Crippen LogP) is 5.04. The molecule has 0 amide bonds. The Hall–Kier alpha value is -2.67. The number of rotatable bonds is 2. The quantitative estimate of drug-likeness (QED) is 0.458. The highest BCUT2D eigenvalue weighted by Crippen LogP contribution is 2.31. The van der Waals surface area contributed by atoms with E-state index < -0.39 is 0 Å². The fraction of sp³-hybridized carbons (Fsp3) is 0.0952. The van der Waals surface area contributed by atoms with Gasteiger partial charge in [0.15, 0.2) is 6.20 Å². The van der Waals surface area contributed by atoms with Gasteiger partial charge in [0.05, 0.1) is 5.39 Å². The molecule has 0 radical (unpaired) electrons. The second-order valence-electron chi connectivity index (χ2n) is 5.61. The molecule has 0 aliphatic carbocycles. The standard InChI is InChI=1S/C21H17N/c1-2-15-9-6-10-18-17(15)11-12-20-19(18)13-14-22-21(20)16-7-4-3-5-8-16/h3-14H,2H2,1H3/p+1. The maximum absolute atomic E-state index is 3.42. The van der Waals surface area contributed by atoms with Crippen LogP contribution in [0.2, 0.25) is 0 Å². The Bertz CT molecular complexity index is 955. The molecule has 0 spiro atoms. The third kappa shape index (κ3) is 1.98.